The zero-order valence-corrected chi connectivity index (χ0v) is 15.0. The van der Waals surface area contributed by atoms with Crippen LogP contribution in [0.4, 0.5) is 0 Å². The first kappa shape index (κ1) is 18.5. The molecule has 2 rings (SSSR count). The lowest BCUT2D eigenvalue weighted by molar-refractivity contribution is 0.0423. The van der Waals surface area contributed by atoms with Crippen LogP contribution in [0.15, 0.2) is 65.4 Å². The smallest absolute Gasteiger partial charge is 0.344 e. The number of nitrogens with zero attached hydrogens (tertiary/aromatic N) is 2. The Kier molecular flexibility index (Phi) is 6.17. The van der Waals surface area contributed by atoms with Crippen LogP contribution in [0, 0.1) is 0 Å². The van der Waals surface area contributed by atoms with Crippen molar-refractivity contribution in [3.05, 3.63) is 76.5 Å². The molecule has 1 aromatic carbocycles. The zero-order chi connectivity index (χ0) is 18.4. The molecule has 0 unspecified atom stereocenters. The third-order valence-corrected chi connectivity index (χ3v) is 3.67. The third-order valence-electron chi connectivity index (χ3n) is 3.67. The number of carbonyl (C=O) groups excluding carboxylic acids is 1. The lowest BCUT2D eigenvalue weighted by atomic mass is 10.2. The van der Waals surface area contributed by atoms with E-state index in [0.29, 0.717) is 11.4 Å². The molecule has 0 N–H and O–H groups in total. The molecule has 5 nitrogen and oxygen atoms in total. The van der Waals surface area contributed by atoms with Crippen LogP contribution in [0.3, 0.4) is 0 Å². The maximum Gasteiger partial charge on any atom is 0.344 e. The van der Waals surface area contributed by atoms with Crippen molar-refractivity contribution >= 4 is 12.2 Å². The predicted molar refractivity (Wildman–Crippen MR) is 98.9 cm³/mol. The molecule has 0 spiro atoms. The number of rotatable bonds is 6. The number of ether oxygens (including phenoxy) is 1. The number of carbonyl (C=O) groups is 1. The minimum atomic E-state index is -0.456. The molecule has 0 aliphatic rings. The van der Waals surface area contributed by atoms with E-state index in [4.69, 9.17) is 4.74 Å². The second-order valence-corrected chi connectivity index (χ2v) is 6.26. The fourth-order valence-electron chi connectivity index (χ4n) is 2.64. The van der Waals surface area contributed by atoms with E-state index in [1.54, 1.807) is 48.8 Å². The van der Waals surface area contributed by atoms with Crippen molar-refractivity contribution in [3.8, 4) is 0 Å². The topological polar surface area (TPSA) is 51.5 Å². The highest BCUT2D eigenvalue weighted by atomic mass is 16.6. The summed E-state index contributed by atoms with van der Waals surface area (Å²) in [6, 6.07) is 13.9. The number of aromatic nitrogens is 1. The van der Waals surface area contributed by atoms with Crippen LogP contribution >= 0.6 is 0 Å². The summed E-state index contributed by atoms with van der Waals surface area (Å²) in [5.74, 6) is -0.116. The minimum Gasteiger partial charge on any atom is -0.404 e. The van der Waals surface area contributed by atoms with Crippen LogP contribution in [0.5, 0.6) is 0 Å². The van der Waals surface area contributed by atoms with Crippen molar-refractivity contribution in [2.75, 3.05) is 0 Å². The van der Waals surface area contributed by atoms with Gasteiger partial charge in [-0.1, -0.05) is 24.3 Å². The van der Waals surface area contributed by atoms with Gasteiger partial charge in [0.2, 0.25) is 5.88 Å². The summed E-state index contributed by atoms with van der Waals surface area (Å²) < 4.78 is 7.08. The molecule has 0 aliphatic heterocycles. The Bertz CT molecular complexity index is 784. The molecule has 2 aromatic rings. The fourth-order valence-corrected chi connectivity index (χ4v) is 2.64. The zero-order valence-electron chi connectivity index (χ0n) is 15.0. The molecular formula is C20H24N2O3. The Morgan fingerprint density at radius 3 is 2.16 bits per heavy atom. The number of pyridine rings is 1. The molecule has 0 aliphatic carbocycles. The third kappa shape index (κ3) is 4.83. The van der Waals surface area contributed by atoms with Gasteiger partial charge >= 0.3 is 5.97 Å². The molecule has 0 amide bonds. The van der Waals surface area contributed by atoms with Gasteiger partial charge in [0.25, 0.3) is 5.56 Å². The summed E-state index contributed by atoms with van der Waals surface area (Å²) in [7, 11) is 0. The van der Waals surface area contributed by atoms with Crippen molar-refractivity contribution in [3.63, 3.8) is 0 Å². The fraction of sp³-hybridized carbons (Fsp3) is 0.300. The van der Waals surface area contributed by atoms with E-state index in [2.05, 4.69) is 0 Å². The first-order valence-corrected chi connectivity index (χ1v) is 8.34. The average Bonchev–Trinajstić information content (AvgIpc) is 2.57. The standard InChI is InChI=1S/C20H24N2O3/c1-15(2)22(16(3)4)19(14-21-13-9-8-12-18(21)23)25-20(24)17-10-6-5-7-11-17/h5-16H,1-4H3/b19-14-. The molecule has 0 saturated carbocycles. The lowest BCUT2D eigenvalue weighted by Crippen LogP contribution is -2.38. The van der Waals surface area contributed by atoms with E-state index in [-0.39, 0.29) is 17.6 Å². The molecule has 0 saturated heterocycles. The first-order valence-electron chi connectivity index (χ1n) is 8.34. The number of hydrogen-bond donors (Lipinski definition) is 0. The number of benzene rings is 1. The molecule has 5 heteroatoms. The minimum absolute atomic E-state index is 0.0919. The van der Waals surface area contributed by atoms with E-state index >= 15 is 0 Å². The summed E-state index contributed by atoms with van der Waals surface area (Å²) in [5, 5.41) is 0. The van der Waals surface area contributed by atoms with Gasteiger partial charge in [-0.3, -0.25) is 9.36 Å². The molecular weight excluding hydrogens is 316 g/mol. The molecule has 0 atom stereocenters. The van der Waals surface area contributed by atoms with Gasteiger partial charge in [0.05, 0.1) is 11.8 Å². The molecule has 1 aromatic heterocycles. The van der Waals surface area contributed by atoms with Crippen molar-refractivity contribution in [2.24, 2.45) is 0 Å². The molecule has 132 valence electrons. The van der Waals surface area contributed by atoms with Gasteiger partial charge in [0, 0.05) is 24.3 Å². The predicted octanol–water partition coefficient (Wildman–Crippen LogP) is 3.58. The summed E-state index contributed by atoms with van der Waals surface area (Å²) in [4.78, 5) is 26.5. The highest BCUT2D eigenvalue weighted by molar-refractivity contribution is 5.90. The molecule has 0 fully saturated rings. The van der Waals surface area contributed by atoms with Gasteiger partial charge in [-0.2, -0.15) is 0 Å². The Morgan fingerprint density at radius 1 is 1.00 bits per heavy atom. The van der Waals surface area contributed by atoms with Crippen molar-refractivity contribution in [1.82, 2.24) is 9.47 Å². The van der Waals surface area contributed by atoms with Crippen LogP contribution in [0.1, 0.15) is 38.1 Å². The Balaban J connectivity index is 2.43. The van der Waals surface area contributed by atoms with Gasteiger partial charge in [-0.15, -0.1) is 0 Å². The number of hydrogen-bond acceptors (Lipinski definition) is 4. The highest BCUT2D eigenvalue weighted by Gasteiger charge is 2.22. The molecule has 25 heavy (non-hydrogen) atoms. The normalized spacial score (nSPS) is 11.7. The number of esters is 1. The second kappa shape index (κ2) is 8.33. The Labute approximate surface area is 148 Å². The Morgan fingerprint density at radius 2 is 1.60 bits per heavy atom. The average molecular weight is 340 g/mol. The van der Waals surface area contributed by atoms with Crippen LogP contribution < -0.4 is 5.56 Å². The molecule has 0 bridgehead atoms. The quantitative estimate of drug-likeness (QED) is 0.596. The SMILES string of the molecule is CC(C)N(/C(=C/n1ccccc1=O)OC(=O)c1ccccc1)C(C)C. The highest BCUT2D eigenvalue weighted by Crippen LogP contribution is 2.18. The van der Waals surface area contributed by atoms with Crippen LogP contribution in [0.2, 0.25) is 0 Å². The van der Waals surface area contributed by atoms with Crippen LogP contribution in [-0.4, -0.2) is 27.5 Å². The Hall–Kier alpha value is -2.82. The molecule has 0 radical (unpaired) electrons. The van der Waals surface area contributed by atoms with Gasteiger partial charge in [-0.05, 0) is 45.9 Å². The second-order valence-electron chi connectivity index (χ2n) is 6.26. The van der Waals surface area contributed by atoms with E-state index in [0.717, 1.165) is 0 Å². The van der Waals surface area contributed by atoms with Crippen molar-refractivity contribution < 1.29 is 9.53 Å². The van der Waals surface area contributed by atoms with Gasteiger partial charge in [0.15, 0.2) is 0 Å². The summed E-state index contributed by atoms with van der Waals surface area (Å²) in [6.45, 7) is 8.05. The maximum atomic E-state index is 12.5. The largest absolute Gasteiger partial charge is 0.404 e. The van der Waals surface area contributed by atoms with E-state index in [1.807, 2.05) is 38.7 Å². The first-order chi connectivity index (χ1) is 11.9. The summed E-state index contributed by atoms with van der Waals surface area (Å²) in [5.41, 5.74) is 0.268. The summed E-state index contributed by atoms with van der Waals surface area (Å²) in [6.07, 6.45) is 3.20. The van der Waals surface area contributed by atoms with Gasteiger partial charge < -0.3 is 9.64 Å². The van der Waals surface area contributed by atoms with Crippen molar-refractivity contribution in [1.29, 1.82) is 0 Å². The van der Waals surface area contributed by atoms with E-state index in [1.165, 1.54) is 10.6 Å². The van der Waals surface area contributed by atoms with E-state index < -0.39 is 5.97 Å². The van der Waals surface area contributed by atoms with Crippen LogP contribution in [-0.2, 0) is 4.74 Å². The summed E-state index contributed by atoms with van der Waals surface area (Å²) >= 11 is 0. The van der Waals surface area contributed by atoms with Gasteiger partial charge in [0.1, 0.15) is 0 Å². The van der Waals surface area contributed by atoms with Gasteiger partial charge in [-0.25, -0.2) is 4.79 Å². The van der Waals surface area contributed by atoms with Crippen molar-refractivity contribution in [2.45, 2.75) is 39.8 Å². The molecule has 1 heterocycles. The van der Waals surface area contributed by atoms with E-state index in [9.17, 15) is 9.59 Å². The van der Waals surface area contributed by atoms with Crippen LogP contribution in [0.25, 0.3) is 6.20 Å². The monoisotopic (exact) mass is 340 g/mol. The maximum absolute atomic E-state index is 12.5. The lowest BCUT2D eigenvalue weighted by Gasteiger charge is -2.33.